The lowest BCUT2D eigenvalue weighted by Gasteiger charge is -2.17. The van der Waals surface area contributed by atoms with Crippen molar-refractivity contribution in [2.24, 2.45) is 0 Å². The number of rotatable bonds is 3. The third-order valence-corrected chi connectivity index (χ3v) is 4.26. The minimum absolute atomic E-state index is 0.166. The quantitative estimate of drug-likeness (QED) is 0.715. The minimum Gasteiger partial charge on any atom is -0.494 e. The molecule has 1 atom stereocenters. The summed E-state index contributed by atoms with van der Waals surface area (Å²) in [6.45, 7) is 4.30. The van der Waals surface area contributed by atoms with E-state index < -0.39 is 0 Å². The second-order valence-corrected chi connectivity index (χ2v) is 5.57. The van der Waals surface area contributed by atoms with Crippen LogP contribution < -0.4 is 4.74 Å². The summed E-state index contributed by atoms with van der Waals surface area (Å²) in [5.74, 6) is 0.814. The lowest BCUT2D eigenvalue weighted by Crippen LogP contribution is -2.08. The maximum Gasteiger partial charge on any atom is 0.178 e. The maximum atomic E-state index is 5.53. The van der Waals surface area contributed by atoms with E-state index in [0.717, 1.165) is 16.8 Å². The highest BCUT2D eigenvalue weighted by Gasteiger charge is 2.16. The first-order valence-electron chi connectivity index (χ1n) is 6.96. The normalized spacial score (nSPS) is 12.5. The van der Waals surface area contributed by atoms with E-state index in [1.54, 1.807) is 7.11 Å². The van der Waals surface area contributed by atoms with Crippen molar-refractivity contribution in [2.75, 3.05) is 7.11 Å². The van der Waals surface area contributed by atoms with Gasteiger partial charge in [-0.3, -0.25) is 0 Å². The summed E-state index contributed by atoms with van der Waals surface area (Å²) in [7, 11) is 1.67. The van der Waals surface area contributed by atoms with E-state index in [2.05, 4.69) is 53.7 Å². The van der Waals surface area contributed by atoms with Crippen LogP contribution in [0.15, 0.2) is 42.5 Å². The smallest absolute Gasteiger partial charge is 0.178 e. The summed E-state index contributed by atoms with van der Waals surface area (Å²) in [4.78, 5) is 3.27. The molecule has 0 spiro atoms. The topological polar surface area (TPSA) is 29.9 Å². The monoisotopic (exact) mass is 298 g/mol. The number of fused-ring (bicyclic) bond motifs is 1. The number of methoxy groups -OCH3 is 1. The molecule has 108 valence electrons. The first kappa shape index (κ1) is 13.9. The van der Waals surface area contributed by atoms with Crippen LogP contribution in [-0.4, -0.2) is 16.7 Å². The Morgan fingerprint density at radius 2 is 1.90 bits per heavy atom. The highest BCUT2D eigenvalue weighted by atomic mass is 32.1. The zero-order chi connectivity index (χ0) is 15.0. The number of aryl methyl sites for hydroxylation is 1. The van der Waals surface area contributed by atoms with Crippen molar-refractivity contribution >= 4 is 23.3 Å². The van der Waals surface area contributed by atoms with Gasteiger partial charge in [0.2, 0.25) is 0 Å². The van der Waals surface area contributed by atoms with Crippen LogP contribution in [0.25, 0.3) is 11.0 Å². The van der Waals surface area contributed by atoms with Gasteiger partial charge in [-0.1, -0.05) is 30.3 Å². The van der Waals surface area contributed by atoms with Crippen molar-refractivity contribution in [2.45, 2.75) is 19.9 Å². The van der Waals surface area contributed by atoms with Gasteiger partial charge in [-0.2, -0.15) is 0 Å². The molecule has 3 rings (SSSR count). The molecule has 0 amide bonds. The van der Waals surface area contributed by atoms with Crippen molar-refractivity contribution < 1.29 is 4.74 Å². The molecule has 0 aliphatic heterocycles. The molecule has 0 saturated heterocycles. The zero-order valence-corrected chi connectivity index (χ0v) is 13.2. The zero-order valence-electron chi connectivity index (χ0n) is 12.4. The lowest BCUT2D eigenvalue weighted by molar-refractivity contribution is 0.419. The molecule has 2 aromatic carbocycles. The molecule has 0 aliphatic carbocycles. The fourth-order valence-corrected chi connectivity index (χ4v) is 3.23. The number of ether oxygens (including phenoxy) is 1. The van der Waals surface area contributed by atoms with Crippen LogP contribution >= 0.6 is 12.2 Å². The van der Waals surface area contributed by atoms with Crippen molar-refractivity contribution in [3.8, 4) is 5.75 Å². The Labute approximate surface area is 129 Å². The van der Waals surface area contributed by atoms with Gasteiger partial charge in [0.1, 0.15) is 11.3 Å². The van der Waals surface area contributed by atoms with E-state index in [-0.39, 0.29) is 6.04 Å². The molecular formula is C17H18N2OS. The molecule has 0 fully saturated rings. The van der Waals surface area contributed by atoms with Gasteiger partial charge in [0.05, 0.1) is 18.7 Å². The Kier molecular flexibility index (Phi) is 3.55. The summed E-state index contributed by atoms with van der Waals surface area (Å²) >= 11 is 5.53. The third-order valence-electron chi connectivity index (χ3n) is 3.96. The molecule has 0 bridgehead atoms. The van der Waals surface area contributed by atoms with Gasteiger partial charge in [-0.25, -0.2) is 0 Å². The van der Waals surface area contributed by atoms with E-state index in [0.29, 0.717) is 4.77 Å². The van der Waals surface area contributed by atoms with Gasteiger partial charge in [0.15, 0.2) is 4.77 Å². The average molecular weight is 298 g/mol. The van der Waals surface area contributed by atoms with Crippen LogP contribution in [0, 0.1) is 11.7 Å². The van der Waals surface area contributed by atoms with Gasteiger partial charge in [-0.15, -0.1) is 0 Å². The summed E-state index contributed by atoms with van der Waals surface area (Å²) in [6.07, 6.45) is 0. The van der Waals surface area contributed by atoms with Crippen molar-refractivity contribution in [1.82, 2.24) is 9.55 Å². The number of nitrogens with zero attached hydrogens (tertiary/aromatic N) is 1. The number of aromatic amines is 1. The Balaban J connectivity index is 2.24. The SMILES string of the molecule is COc1cccc2c1[nH]c(=S)n2C(C)c1ccccc1C. The first-order valence-corrected chi connectivity index (χ1v) is 7.37. The fourth-order valence-electron chi connectivity index (χ4n) is 2.87. The van der Waals surface area contributed by atoms with E-state index in [1.165, 1.54) is 11.1 Å². The Hall–Kier alpha value is -2.07. The van der Waals surface area contributed by atoms with Gasteiger partial charge in [0, 0.05) is 0 Å². The predicted molar refractivity (Wildman–Crippen MR) is 88.7 cm³/mol. The first-order chi connectivity index (χ1) is 10.1. The summed E-state index contributed by atoms with van der Waals surface area (Å²) in [5.41, 5.74) is 4.56. The molecule has 1 aromatic heterocycles. The molecule has 1 N–H and O–H groups in total. The van der Waals surface area contributed by atoms with Crippen LogP contribution in [0.4, 0.5) is 0 Å². The van der Waals surface area contributed by atoms with Gasteiger partial charge >= 0.3 is 0 Å². The van der Waals surface area contributed by atoms with E-state index in [1.807, 2.05) is 12.1 Å². The third kappa shape index (κ3) is 2.25. The number of hydrogen-bond donors (Lipinski definition) is 1. The molecule has 1 heterocycles. The lowest BCUT2D eigenvalue weighted by atomic mass is 10.0. The van der Waals surface area contributed by atoms with Crippen molar-refractivity contribution in [3.63, 3.8) is 0 Å². The van der Waals surface area contributed by atoms with Gasteiger partial charge < -0.3 is 14.3 Å². The fraction of sp³-hybridized carbons (Fsp3) is 0.235. The summed E-state index contributed by atoms with van der Waals surface area (Å²) in [6, 6.07) is 14.6. The number of imidazole rings is 1. The largest absolute Gasteiger partial charge is 0.494 e. The number of nitrogens with one attached hydrogen (secondary N) is 1. The van der Waals surface area contributed by atoms with Crippen LogP contribution in [0.5, 0.6) is 5.75 Å². The Morgan fingerprint density at radius 3 is 2.62 bits per heavy atom. The standard InChI is InChI=1S/C17H18N2OS/c1-11-7-4-5-8-13(11)12(2)19-14-9-6-10-15(20-3)16(14)18-17(19)21/h4-10,12H,1-3H3,(H,18,21). The van der Waals surface area contributed by atoms with E-state index in [9.17, 15) is 0 Å². The molecule has 21 heavy (non-hydrogen) atoms. The molecule has 0 radical (unpaired) electrons. The number of para-hydroxylation sites is 1. The van der Waals surface area contributed by atoms with E-state index >= 15 is 0 Å². The number of hydrogen-bond acceptors (Lipinski definition) is 2. The molecule has 0 aliphatic rings. The predicted octanol–water partition coefficient (Wildman–Crippen LogP) is 4.63. The number of benzene rings is 2. The highest BCUT2D eigenvalue weighted by molar-refractivity contribution is 7.71. The second kappa shape index (κ2) is 5.37. The van der Waals surface area contributed by atoms with Gasteiger partial charge in [-0.05, 0) is 49.3 Å². The highest BCUT2D eigenvalue weighted by Crippen LogP contribution is 2.30. The molecule has 0 saturated carbocycles. The maximum absolute atomic E-state index is 5.53. The number of H-pyrrole nitrogens is 1. The van der Waals surface area contributed by atoms with Crippen LogP contribution in [0.2, 0.25) is 0 Å². The Bertz CT molecular complexity index is 847. The van der Waals surface area contributed by atoms with E-state index in [4.69, 9.17) is 17.0 Å². The average Bonchev–Trinajstić information content (AvgIpc) is 2.82. The summed E-state index contributed by atoms with van der Waals surface area (Å²) < 4.78 is 8.28. The molecule has 4 heteroatoms. The van der Waals surface area contributed by atoms with Crippen LogP contribution in [0.1, 0.15) is 24.1 Å². The van der Waals surface area contributed by atoms with Crippen molar-refractivity contribution in [1.29, 1.82) is 0 Å². The van der Waals surface area contributed by atoms with Crippen molar-refractivity contribution in [3.05, 3.63) is 58.4 Å². The molecule has 3 aromatic rings. The molecular weight excluding hydrogens is 280 g/mol. The van der Waals surface area contributed by atoms with Crippen LogP contribution in [-0.2, 0) is 0 Å². The van der Waals surface area contributed by atoms with Gasteiger partial charge in [0.25, 0.3) is 0 Å². The molecule has 3 nitrogen and oxygen atoms in total. The minimum atomic E-state index is 0.166. The Morgan fingerprint density at radius 1 is 1.14 bits per heavy atom. The number of aromatic nitrogens is 2. The van der Waals surface area contributed by atoms with Crippen LogP contribution in [0.3, 0.4) is 0 Å². The molecule has 1 unspecified atom stereocenters. The summed E-state index contributed by atoms with van der Waals surface area (Å²) in [5, 5.41) is 0. The second-order valence-electron chi connectivity index (χ2n) is 5.19.